The molecule has 1 aromatic carbocycles. The van der Waals surface area contributed by atoms with Crippen LogP contribution in [0.3, 0.4) is 0 Å². The highest BCUT2D eigenvalue weighted by atomic mass is 19.1. The first-order chi connectivity index (χ1) is 19.0. The normalized spacial score (nSPS) is 11.5. The maximum atomic E-state index is 14.6. The molecule has 39 heavy (non-hydrogen) atoms. The minimum Gasteiger partial charge on any atom is -0.495 e. The van der Waals surface area contributed by atoms with Crippen LogP contribution in [0.4, 0.5) is 10.1 Å². The molecule has 0 unspecified atom stereocenters. The van der Waals surface area contributed by atoms with Crippen LogP contribution in [0.1, 0.15) is 0 Å². The lowest BCUT2D eigenvalue weighted by molar-refractivity contribution is 0.413. The van der Waals surface area contributed by atoms with E-state index in [2.05, 4.69) is 40.3 Å². The number of likely N-dealkylation sites (N-methyl/N-ethyl adjacent to an activating group) is 1. The summed E-state index contributed by atoms with van der Waals surface area (Å²) in [5, 5.41) is 12.6. The molecule has 6 rings (SSSR count). The molecule has 196 valence electrons. The Hall–Kier alpha value is -4.83. The Morgan fingerprint density at radius 2 is 1.82 bits per heavy atom. The molecule has 6 aromatic rings. The summed E-state index contributed by atoms with van der Waals surface area (Å²) in [7, 11) is 5.62. The molecule has 5 aromatic heterocycles. The molecule has 0 radical (unpaired) electrons. The maximum Gasteiger partial charge on any atom is 0.181 e. The Bertz CT molecular complexity index is 1790. The number of hydrogen-bond donors (Lipinski definition) is 3. The van der Waals surface area contributed by atoms with Gasteiger partial charge in [-0.1, -0.05) is 0 Å². The molecule has 0 aliphatic rings. The number of H-pyrrole nitrogens is 2. The molecule has 0 saturated carbocycles. The van der Waals surface area contributed by atoms with E-state index in [0.29, 0.717) is 34.9 Å². The van der Waals surface area contributed by atoms with E-state index in [1.807, 2.05) is 44.4 Å². The van der Waals surface area contributed by atoms with E-state index in [9.17, 15) is 4.39 Å². The van der Waals surface area contributed by atoms with Crippen molar-refractivity contribution in [1.29, 1.82) is 0 Å². The molecule has 0 aliphatic carbocycles. The zero-order chi connectivity index (χ0) is 26.9. The van der Waals surface area contributed by atoms with Gasteiger partial charge in [-0.25, -0.2) is 9.37 Å². The molecule has 0 fully saturated rings. The fourth-order valence-corrected chi connectivity index (χ4v) is 4.62. The van der Waals surface area contributed by atoms with Crippen molar-refractivity contribution < 1.29 is 9.13 Å². The van der Waals surface area contributed by atoms with Gasteiger partial charge >= 0.3 is 0 Å². The van der Waals surface area contributed by atoms with Gasteiger partial charge in [0.05, 0.1) is 30.4 Å². The molecule has 3 N–H and O–H groups in total. The first-order valence-corrected chi connectivity index (χ1v) is 12.5. The van der Waals surface area contributed by atoms with Crippen LogP contribution >= 0.6 is 0 Å². The Morgan fingerprint density at radius 1 is 0.949 bits per heavy atom. The van der Waals surface area contributed by atoms with Crippen molar-refractivity contribution in [1.82, 2.24) is 35.0 Å². The van der Waals surface area contributed by atoms with Crippen molar-refractivity contribution in [2.45, 2.75) is 0 Å². The SMILES string of the molecule is COc1cncc(-c2cnc3n[nH]c(-c4cc5c(-c6cc(F)cc(NCCN(C)C)c6)nccc5[nH]4)c3c2)c1. The van der Waals surface area contributed by atoms with E-state index in [0.717, 1.165) is 45.3 Å². The third-order valence-electron chi connectivity index (χ3n) is 6.57. The van der Waals surface area contributed by atoms with E-state index >= 15 is 0 Å². The summed E-state index contributed by atoms with van der Waals surface area (Å²) in [6.45, 7) is 1.54. The van der Waals surface area contributed by atoms with E-state index in [1.165, 1.54) is 12.1 Å². The van der Waals surface area contributed by atoms with Crippen molar-refractivity contribution in [2.24, 2.45) is 0 Å². The van der Waals surface area contributed by atoms with Crippen molar-refractivity contribution >= 4 is 27.6 Å². The van der Waals surface area contributed by atoms with E-state index in [1.54, 1.807) is 31.9 Å². The van der Waals surface area contributed by atoms with Gasteiger partial charge in [-0.3, -0.25) is 15.1 Å². The van der Waals surface area contributed by atoms with Crippen molar-refractivity contribution in [3.05, 3.63) is 73.1 Å². The summed E-state index contributed by atoms with van der Waals surface area (Å²) in [6, 6.07) is 12.8. The third-order valence-corrected chi connectivity index (χ3v) is 6.57. The number of rotatable bonds is 8. The average Bonchev–Trinajstić information content (AvgIpc) is 3.56. The van der Waals surface area contributed by atoms with Crippen LogP contribution in [0.25, 0.3) is 55.7 Å². The second-order valence-corrected chi connectivity index (χ2v) is 9.57. The highest BCUT2D eigenvalue weighted by Gasteiger charge is 2.16. The van der Waals surface area contributed by atoms with Crippen LogP contribution in [0.2, 0.25) is 0 Å². The van der Waals surface area contributed by atoms with Crippen LogP contribution < -0.4 is 10.1 Å². The number of nitrogens with zero attached hydrogens (tertiary/aromatic N) is 5. The molecule has 0 spiro atoms. The third kappa shape index (κ3) is 4.89. The molecule has 9 nitrogen and oxygen atoms in total. The van der Waals surface area contributed by atoms with Crippen molar-refractivity contribution in [3.8, 4) is 39.5 Å². The number of pyridine rings is 3. The van der Waals surface area contributed by atoms with E-state index in [4.69, 9.17) is 4.74 Å². The molecular weight excluding hydrogens is 495 g/mol. The summed E-state index contributed by atoms with van der Waals surface area (Å²) in [4.78, 5) is 19.0. The molecule has 0 atom stereocenters. The lowest BCUT2D eigenvalue weighted by atomic mass is 10.1. The second kappa shape index (κ2) is 10.1. The van der Waals surface area contributed by atoms with Crippen molar-refractivity contribution in [3.63, 3.8) is 0 Å². The Balaban J connectivity index is 1.40. The molecular formula is C29H27FN8O. The summed E-state index contributed by atoms with van der Waals surface area (Å²) in [5.41, 5.74) is 6.98. The Kier molecular flexibility index (Phi) is 6.37. The van der Waals surface area contributed by atoms with Gasteiger partial charge in [0.15, 0.2) is 5.65 Å². The van der Waals surface area contributed by atoms with E-state index < -0.39 is 0 Å². The Morgan fingerprint density at radius 3 is 2.67 bits per heavy atom. The molecule has 0 bridgehead atoms. The largest absolute Gasteiger partial charge is 0.495 e. The maximum absolute atomic E-state index is 14.6. The number of hydrogen-bond acceptors (Lipinski definition) is 7. The highest BCUT2D eigenvalue weighted by molar-refractivity contribution is 6.00. The number of nitrogens with one attached hydrogen (secondary N) is 3. The standard InChI is InChI=1S/C29H27FN8O/c1-38(2)7-6-32-21-9-17(8-20(30)12-21)27-23-13-26(35-25(23)4-5-33-27)28-24-11-19(15-34-29(24)37-36-28)18-10-22(39-3)16-31-14-18/h4-5,8-16,32,35H,6-7H2,1-3H3,(H,34,36,37). The van der Waals surface area contributed by atoms with Gasteiger partial charge in [-0.15, -0.1) is 0 Å². The summed E-state index contributed by atoms with van der Waals surface area (Å²) < 4.78 is 19.9. The van der Waals surface area contributed by atoms with Crippen LogP contribution in [-0.2, 0) is 0 Å². The van der Waals surface area contributed by atoms with Gasteiger partial charge in [0.2, 0.25) is 0 Å². The fraction of sp³-hybridized carbons (Fsp3) is 0.172. The molecule has 0 saturated heterocycles. The van der Waals surface area contributed by atoms with Crippen LogP contribution in [0, 0.1) is 5.82 Å². The van der Waals surface area contributed by atoms with Gasteiger partial charge in [0, 0.05) is 70.3 Å². The summed E-state index contributed by atoms with van der Waals surface area (Å²) >= 11 is 0. The van der Waals surface area contributed by atoms with Crippen LogP contribution in [-0.4, -0.2) is 69.3 Å². The number of fused-ring (bicyclic) bond motifs is 2. The summed E-state index contributed by atoms with van der Waals surface area (Å²) in [5.74, 6) is 0.351. The zero-order valence-electron chi connectivity index (χ0n) is 21.8. The Labute approximate surface area is 224 Å². The second-order valence-electron chi connectivity index (χ2n) is 9.57. The van der Waals surface area contributed by atoms with Gasteiger partial charge in [-0.05, 0) is 56.6 Å². The number of halogens is 1. The molecule has 5 heterocycles. The number of ether oxygens (including phenoxy) is 1. The monoisotopic (exact) mass is 522 g/mol. The number of anilines is 1. The minimum atomic E-state index is -0.320. The first kappa shape index (κ1) is 24.5. The number of methoxy groups -OCH3 is 1. The van der Waals surface area contributed by atoms with Crippen molar-refractivity contribution in [2.75, 3.05) is 39.6 Å². The quantitative estimate of drug-likeness (QED) is 0.247. The first-order valence-electron chi connectivity index (χ1n) is 12.5. The lowest BCUT2D eigenvalue weighted by Crippen LogP contribution is -2.20. The topological polar surface area (TPSA) is 108 Å². The molecule has 10 heteroatoms. The van der Waals surface area contributed by atoms with Gasteiger partial charge in [0.1, 0.15) is 11.6 Å². The van der Waals surface area contributed by atoms with E-state index in [-0.39, 0.29) is 5.82 Å². The predicted octanol–water partition coefficient (Wildman–Crippen LogP) is 5.35. The van der Waals surface area contributed by atoms with Gasteiger partial charge in [0.25, 0.3) is 0 Å². The average molecular weight is 523 g/mol. The highest BCUT2D eigenvalue weighted by Crippen LogP contribution is 2.35. The zero-order valence-corrected chi connectivity index (χ0v) is 21.8. The summed E-state index contributed by atoms with van der Waals surface area (Å²) in [6.07, 6.45) is 6.93. The number of aromatic amines is 2. The predicted molar refractivity (Wildman–Crippen MR) is 151 cm³/mol. The smallest absolute Gasteiger partial charge is 0.181 e. The fourth-order valence-electron chi connectivity index (χ4n) is 4.62. The molecule has 0 amide bonds. The number of benzene rings is 1. The molecule has 0 aliphatic heterocycles. The van der Waals surface area contributed by atoms with Crippen LogP contribution in [0.5, 0.6) is 5.75 Å². The van der Waals surface area contributed by atoms with Crippen LogP contribution in [0.15, 0.2) is 67.3 Å². The van der Waals surface area contributed by atoms with Gasteiger partial charge in [-0.2, -0.15) is 5.10 Å². The lowest BCUT2D eigenvalue weighted by Gasteiger charge is -2.12. The van der Waals surface area contributed by atoms with Gasteiger partial charge < -0.3 is 19.9 Å². The number of aromatic nitrogens is 6. The minimum absolute atomic E-state index is 0.320.